The fourth-order valence-corrected chi connectivity index (χ4v) is 2.68. The Bertz CT molecular complexity index is 334. The van der Waals surface area contributed by atoms with E-state index < -0.39 is 0 Å². The first-order valence-corrected chi connectivity index (χ1v) is 11.7. The largest absolute Gasteiger partial charge is 0.379 e. The minimum Gasteiger partial charge on any atom is -0.379 e. The molecule has 0 unspecified atom stereocenters. The van der Waals surface area contributed by atoms with Crippen LogP contribution in [0.5, 0.6) is 0 Å². The van der Waals surface area contributed by atoms with Gasteiger partial charge in [0.05, 0.1) is 6.10 Å². The maximum Gasteiger partial charge on any atom is 0.135 e. The molecule has 0 aliphatic heterocycles. The molecule has 0 N–H and O–H groups in total. The molecule has 3 heteroatoms. The lowest BCUT2D eigenvalue weighted by Crippen LogP contribution is -2.07. The molecule has 0 aliphatic rings. The van der Waals surface area contributed by atoms with Crippen molar-refractivity contribution in [2.45, 2.75) is 126 Å². The summed E-state index contributed by atoms with van der Waals surface area (Å²) in [6.07, 6.45) is 11.3. The number of ketones is 2. The van der Waals surface area contributed by atoms with E-state index in [1.54, 1.807) is 0 Å². The molecule has 28 heavy (non-hydrogen) atoms. The third kappa shape index (κ3) is 23.3. The lowest BCUT2D eigenvalue weighted by Gasteiger charge is -2.07. The third-order valence-corrected chi connectivity index (χ3v) is 4.76. The van der Waals surface area contributed by atoms with Crippen LogP contribution in [0.1, 0.15) is 120 Å². The molecular formula is C25H50O3. The average molecular weight is 399 g/mol. The first-order chi connectivity index (χ1) is 13.1. The van der Waals surface area contributed by atoms with E-state index in [9.17, 15) is 9.59 Å². The van der Waals surface area contributed by atoms with Gasteiger partial charge in [-0.2, -0.15) is 0 Å². The van der Waals surface area contributed by atoms with Crippen molar-refractivity contribution in [3.63, 3.8) is 0 Å². The SMILES string of the molecule is CC(C)CCCCCCC(=O)C(C)C.CC(C)OCCCCCC(=O)C(C)C. The molecule has 0 saturated heterocycles. The summed E-state index contributed by atoms with van der Waals surface area (Å²) in [5, 5.41) is 0. The van der Waals surface area contributed by atoms with E-state index in [1.807, 2.05) is 41.5 Å². The minimum atomic E-state index is 0.196. The van der Waals surface area contributed by atoms with Gasteiger partial charge < -0.3 is 4.74 Å². The summed E-state index contributed by atoms with van der Waals surface area (Å²) in [6, 6.07) is 0. The number of carbonyl (C=O) groups is 2. The van der Waals surface area contributed by atoms with Gasteiger partial charge in [-0.05, 0) is 39.0 Å². The Kier molecular flexibility index (Phi) is 20.7. The number of hydrogen-bond donors (Lipinski definition) is 0. The number of carbonyl (C=O) groups excluding carboxylic acids is 2. The van der Waals surface area contributed by atoms with Crippen LogP contribution in [0.3, 0.4) is 0 Å². The Labute approximate surface area is 176 Å². The number of Topliss-reactive ketones (excluding diaryl/α,β-unsaturated/α-hetero) is 2. The molecule has 0 radical (unpaired) electrons. The smallest absolute Gasteiger partial charge is 0.135 e. The van der Waals surface area contributed by atoms with Gasteiger partial charge >= 0.3 is 0 Å². The number of hydrogen-bond acceptors (Lipinski definition) is 3. The van der Waals surface area contributed by atoms with Crippen LogP contribution < -0.4 is 0 Å². The summed E-state index contributed by atoms with van der Waals surface area (Å²) in [4.78, 5) is 22.5. The summed E-state index contributed by atoms with van der Waals surface area (Å²) >= 11 is 0. The van der Waals surface area contributed by atoms with Gasteiger partial charge in [0.15, 0.2) is 0 Å². The minimum absolute atomic E-state index is 0.196. The van der Waals surface area contributed by atoms with Crippen LogP contribution in [-0.2, 0) is 14.3 Å². The molecule has 168 valence electrons. The summed E-state index contributed by atoms with van der Waals surface area (Å²) < 4.78 is 5.41. The highest BCUT2D eigenvalue weighted by molar-refractivity contribution is 5.80. The monoisotopic (exact) mass is 398 g/mol. The summed E-state index contributed by atoms with van der Waals surface area (Å²) in [5.41, 5.74) is 0. The van der Waals surface area contributed by atoms with Gasteiger partial charge in [0.2, 0.25) is 0 Å². The highest BCUT2D eigenvalue weighted by atomic mass is 16.5. The van der Waals surface area contributed by atoms with E-state index >= 15 is 0 Å². The molecular weight excluding hydrogens is 348 g/mol. The van der Waals surface area contributed by atoms with Gasteiger partial charge in [0.25, 0.3) is 0 Å². The van der Waals surface area contributed by atoms with Crippen LogP contribution in [0, 0.1) is 17.8 Å². The fraction of sp³-hybridized carbons (Fsp3) is 0.920. The van der Waals surface area contributed by atoms with Crippen molar-refractivity contribution in [2.75, 3.05) is 6.61 Å². The van der Waals surface area contributed by atoms with Crippen LogP contribution in [-0.4, -0.2) is 24.3 Å². The first kappa shape index (κ1) is 29.5. The average Bonchev–Trinajstić information content (AvgIpc) is 2.60. The first-order valence-electron chi connectivity index (χ1n) is 11.7. The molecule has 3 nitrogen and oxygen atoms in total. The highest BCUT2D eigenvalue weighted by Gasteiger charge is 2.06. The molecule has 0 spiro atoms. The molecule has 0 atom stereocenters. The van der Waals surface area contributed by atoms with Gasteiger partial charge in [-0.25, -0.2) is 0 Å². The van der Waals surface area contributed by atoms with Crippen LogP contribution in [0.2, 0.25) is 0 Å². The Morgan fingerprint density at radius 1 is 0.607 bits per heavy atom. The Morgan fingerprint density at radius 2 is 1.04 bits per heavy atom. The van der Waals surface area contributed by atoms with E-state index in [2.05, 4.69) is 13.8 Å². The topological polar surface area (TPSA) is 43.4 Å². The highest BCUT2D eigenvalue weighted by Crippen LogP contribution is 2.12. The van der Waals surface area contributed by atoms with Gasteiger partial charge in [-0.15, -0.1) is 0 Å². The van der Waals surface area contributed by atoms with E-state index in [0.717, 1.165) is 51.0 Å². The third-order valence-electron chi connectivity index (χ3n) is 4.76. The fourth-order valence-electron chi connectivity index (χ4n) is 2.68. The van der Waals surface area contributed by atoms with Crippen molar-refractivity contribution in [3.05, 3.63) is 0 Å². The summed E-state index contributed by atoms with van der Waals surface area (Å²) in [5.74, 6) is 2.06. The van der Waals surface area contributed by atoms with Crippen molar-refractivity contribution in [1.82, 2.24) is 0 Å². The van der Waals surface area contributed by atoms with Crippen LogP contribution in [0.25, 0.3) is 0 Å². The molecule has 0 rings (SSSR count). The summed E-state index contributed by atoms with van der Waals surface area (Å²) in [6.45, 7) is 17.3. The Hall–Kier alpha value is -0.700. The Morgan fingerprint density at radius 3 is 1.43 bits per heavy atom. The predicted octanol–water partition coefficient (Wildman–Crippen LogP) is 7.41. The van der Waals surface area contributed by atoms with Crippen LogP contribution >= 0.6 is 0 Å². The second kappa shape index (κ2) is 19.6. The molecule has 0 fully saturated rings. The van der Waals surface area contributed by atoms with Gasteiger partial charge in [-0.3, -0.25) is 9.59 Å². The number of ether oxygens (including phenoxy) is 1. The molecule has 0 aliphatic carbocycles. The predicted molar refractivity (Wildman–Crippen MR) is 122 cm³/mol. The van der Waals surface area contributed by atoms with E-state index in [4.69, 9.17) is 4.74 Å². The van der Waals surface area contributed by atoms with E-state index in [0.29, 0.717) is 17.7 Å². The summed E-state index contributed by atoms with van der Waals surface area (Å²) in [7, 11) is 0. The van der Waals surface area contributed by atoms with Crippen molar-refractivity contribution < 1.29 is 14.3 Å². The molecule has 0 bridgehead atoms. The zero-order chi connectivity index (χ0) is 21.9. The van der Waals surface area contributed by atoms with Crippen molar-refractivity contribution in [2.24, 2.45) is 17.8 Å². The van der Waals surface area contributed by atoms with Crippen molar-refractivity contribution in [1.29, 1.82) is 0 Å². The molecule has 0 amide bonds. The Balaban J connectivity index is 0. The standard InChI is InChI=1S/C13H26O.C12H24O2/c1-11(2)9-7-5-6-8-10-13(14)12(3)4;1-10(2)12(13)8-6-5-7-9-14-11(3)4/h11-12H,5-10H2,1-4H3;10-11H,5-9H2,1-4H3. The quantitative estimate of drug-likeness (QED) is 0.254. The second-order valence-electron chi connectivity index (χ2n) is 9.32. The number of unbranched alkanes of at least 4 members (excludes halogenated alkanes) is 5. The lowest BCUT2D eigenvalue weighted by molar-refractivity contribution is -0.122. The van der Waals surface area contributed by atoms with Gasteiger partial charge in [0, 0.05) is 31.3 Å². The zero-order valence-corrected chi connectivity index (χ0v) is 20.3. The van der Waals surface area contributed by atoms with E-state index in [-0.39, 0.29) is 11.8 Å². The molecule has 0 heterocycles. The number of rotatable bonds is 16. The maximum absolute atomic E-state index is 11.3. The van der Waals surface area contributed by atoms with E-state index in [1.165, 1.54) is 25.7 Å². The zero-order valence-electron chi connectivity index (χ0n) is 20.3. The molecule has 0 saturated carbocycles. The van der Waals surface area contributed by atoms with Crippen LogP contribution in [0.4, 0.5) is 0 Å². The maximum atomic E-state index is 11.3. The van der Waals surface area contributed by atoms with Crippen molar-refractivity contribution >= 4 is 11.6 Å². The van der Waals surface area contributed by atoms with Gasteiger partial charge in [0.1, 0.15) is 11.6 Å². The van der Waals surface area contributed by atoms with Crippen molar-refractivity contribution in [3.8, 4) is 0 Å². The van der Waals surface area contributed by atoms with Gasteiger partial charge in [-0.1, -0.05) is 73.6 Å². The lowest BCUT2D eigenvalue weighted by atomic mass is 10.0. The molecule has 0 aromatic heterocycles. The molecule has 0 aromatic rings. The normalized spacial score (nSPS) is 11.3. The molecule has 0 aromatic carbocycles. The second-order valence-corrected chi connectivity index (χ2v) is 9.32. The van der Waals surface area contributed by atoms with Crippen LogP contribution in [0.15, 0.2) is 0 Å².